The van der Waals surface area contributed by atoms with E-state index in [-0.39, 0.29) is 16.1 Å². The Morgan fingerprint density at radius 2 is 1.50 bits per heavy atom. The molecule has 0 fully saturated rings. The molecule has 0 radical (unpaired) electrons. The van der Waals surface area contributed by atoms with Crippen molar-refractivity contribution in [3.8, 4) is 0 Å². The highest BCUT2D eigenvalue weighted by molar-refractivity contribution is 6.35. The highest BCUT2D eigenvalue weighted by Gasteiger charge is 2.56. The van der Waals surface area contributed by atoms with E-state index in [9.17, 15) is 32.3 Å². The van der Waals surface area contributed by atoms with E-state index in [2.05, 4.69) is 0 Å². The molecular formula is C21H17Cl3F4O4. The van der Waals surface area contributed by atoms with Crippen LogP contribution in [0.4, 0.5) is 17.6 Å². The van der Waals surface area contributed by atoms with Gasteiger partial charge in [-0.15, -0.1) is 0 Å². The second-order valence-electron chi connectivity index (χ2n) is 7.91. The first-order valence-electron chi connectivity index (χ1n) is 8.96. The average molecular weight is 516 g/mol. The lowest BCUT2D eigenvalue weighted by molar-refractivity contribution is -0.264. The molecule has 0 amide bonds. The molecule has 2 aromatic rings. The molecule has 0 heterocycles. The van der Waals surface area contributed by atoms with Crippen LogP contribution in [0.3, 0.4) is 0 Å². The fourth-order valence-corrected chi connectivity index (χ4v) is 3.43. The van der Waals surface area contributed by atoms with Gasteiger partial charge < -0.3 is 9.84 Å². The van der Waals surface area contributed by atoms with E-state index in [1.165, 1.54) is 0 Å². The molecule has 32 heavy (non-hydrogen) atoms. The summed E-state index contributed by atoms with van der Waals surface area (Å²) in [5.74, 6) is -3.11. The van der Waals surface area contributed by atoms with Crippen LogP contribution in [-0.2, 0) is 10.3 Å². The van der Waals surface area contributed by atoms with E-state index in [1.54, 1.807) is 20.8 Å². The summed E-state index contributed by atoms with van der Waals surface area (Å²) >= 11 is 17.1. The Morgan fingerprint density at radius 1 is 0.969 bits per heavy atom. The van der Waals surface area contributed by atoms with Crippen LogP contribution in [0.5, 0.6) is 0 Å². The third-order valence-corrected chi connectivity index (χ3v) is 5.12. The molecular weight excluding hydrogens is 499 g/mol. The molecule has 0 aliphatic rings. The Morgan fingerprint density at radius 3 is 1.94 bits per heavy atom. The minimum atomic E-state index is -5.34. The monoisotopic (exact) mass is 514 g/mol. The summed E-state index contributed by atoms with van der Waals surface area (Å²) in [4.78, 5) is 24.8. The van der Waals surface area contributed by atoms with E-state index >= 15 is 0 Å². The van der Waals surface area contributed by atoms with Gasteiger partial charge >= 0.3 is 12.1 Å². The van der Waals surface area contributed by atoms with Crippen molar-refractivity contribution in [3.63, 3.8) is 0 Å². The first-order valence-corrected chi connectivity index (χ1v) is 10.1. The molecule has 0 aliphatic heterocycles. The molecule has 2 aromatic carbocycles. The Kier molecular flexibility index (Phi) is 7.56. The van der Waals surface area contributed by atoms with Gasteiger partial charge in [0.1, 0.15) is 5.60 Å². The quantitative estimate of drug-likeness (QED) is 0.207. The zero-order valence-electron chi connectivity index (χ0n) is 16.9. The van der Waals surface area contributed by atoms with Crippen molar-refractivity contribution in [1.29, 1.82) is 0 Å². The third-order valence-electron chi connectivity index (χ3n) is 4.26. The number of carbonyl (C=O) groups is 2. The minimum absolute atomic E-state index is 0.0960. The van der Waals surface area contributed by atoms with Crippen LogP contribution in [0.1, 0.15) is 53.5 Å². The van der Waals surface area contributed by atoms with Gasteiger partial charge in [0.25, 0.3) is 0 Å². The number of ketones is 1. The van der Waals surface area contributed by atoms with Crippen LogP contribution in [-0.4, -0.2) is 28.6 Å². The number of Topliss-reactive ketones (excluding diaryl/α,β-unsaturated/α-hetero) is 1. The normalized spacial score (nSPS) is 14.1. The highest BCUT2D eigenvalue weighted by atomic mass is 35.5. The van der Waals surface area contributed by atoms with Gasteiger partial charge in [0, 0.05) is 5.56 Å². The van der Waals surface area contributed by atoms with Gasteiger partial charge in [-0.25, -0.2) is 9.18 Å². The molecule has 1 atom stereocenters. The van der Waals surface area contributed by atoms with Crippen LogP contribution < -0.4 is 0 Å². The van der Waals surface area contributed by atoms with Gasteiger partial charge in [-0.05, 0) is 50.6 Å². The fraction of sp³-hybridized carbons (Fsp3) is 0.333. The summed E-state index contributed by atoms with van der Waals surface area (Å²) < 4.78 is 60.1. The van der Waals surface area contributed by atoms with Gasteiger partial charge in [-0.3, -0.25) is 4.79 Å². The number of hydrogen-bond donors (Lipinski definition) is 1. The zero-order valence-corrected chi connectivity index (χ0v) is 19.2. The molecule has 0 saturated heterocycles. The molecule has 0 bridgehead atoms. The number of ether oxygens (including phenoxy) is 1. The van der Waals surface area contributed by atoms with Crippen molar-refractivity contribution >= 4 is 46.6 Å². The standard InChI is InChI=1S/C21H17Cl3F4O4/c1-19(2,3)32-18(30)12-5-4-10(6-13(12)22)16(29)9-20(31,21(26,27)28)11-7-14(23)17(25)15(24)8-11/h4-8,31H,9H2,1-3H3. The Balaban J connectivity index is 2.41. The predicted molar refractivity (Wildman–Crippen MR) is 112 cm³/mol. The Labute approximate surface area is 196 Å². The van der Waals surface area contributed by atoms with Gasteiger partial charge in [0.2, 0.25) is 0 Å². The summed E-state index contributed by atoms with van der Waals surface area (Å²) in [6.45, 7) is 4.88. The number of carbonyl (C=O) groups excluding carboxylic acids is 2. The van der Waals surface area contributed by atoms with E-state index in [0.29, 0.717) is 12.1 Å². The van der Waals surface area contributed by atoms with Gasteiger partial charge in [0.15, 0.2) is 17.2 Å². The summed E-state index contributed by atoms with van der Waals surface area (Å²) in [6, 6.07) is 4.28. The van der Waals surface area contributed by atoms with Gasteiger partial charge in [-0.1, -0.05) is 40.9 Å². The SMILES string of the molecule is CC(C)(C)OC(=O)c1ccc(C(=O)CC(O)(c2cc(Cl)c(F)c(Cl)c2)C(F)(F)F)cc1Cl. The van der Waals surface area contributed by atoms with E-state index in [0.717, 1.165) is 18.2 Å². The van der Waals surface area contributed by atoms with Crippen molar-refractivity contribution in [2.45, 2.75) is 44.6 Å². The highest BCUT2D eigenvalue weighted by Crippen LogP contribution is 2.44. The number of benzene rings is 2. The van der Waals surface area contributed by atoms with E-state index in [1.807, 2.05) is 0 Å². The summed E-state index contributed by atoms with van der Waals surface area (Å²) in [6.07, 6.45) is -6.82. The molecule has 11 heteroatoms. The summed E-state index contributed by atoms with van der Waals surface area (Å²) in [5, 5.41) is 8.70. The maximum Gasteiger partial charge on any atom is 0.421 e. The largest absolute Gasteiger partial charge is 0.456 e. The molecule has 0 spiro atoms. The molecule has 1 N–H and O–H groups in total. The lowest BCUT2D eigenvalue weighted by atomic mass is 9.86. The third kappa shape index (κ3) is 5.73. The predicted octanol–water partition coefficient (Wildman–Crippen LogP) is 6.76. The van der Waals surface area contributed by atoms with Crippen LogP contribution in [0.2, 0.25) is 15.1 Å². The maximum absolute atomic E-state index is 13.8. The number of alkyl halides is 3. The van der Waals surface area contributed by atoms with E-state index < -0.39 is 57.0 Å². The van der Waals surface area contributed by atoms with Crippen molar-refractivity contribution < 1.29 is 37.0 Å². The van der Waals surface area contributed by atoms with Gasteiger partial charge in [0.05, 0.1) is 27.1 Å². The van der Waals surface area contributed by atoms with Crippen LogP contribution in [0.15, 0.2) is 30.3 Å². The zero-order chi connectivity index (χ0) is 24.6. The minimum Gasteiger partial charge on any atom is -0.456 e. The molecule has 1 unspecified atom stereocenters. The molecule has 174 valence electrons. The lowest BCUT2D eigenvalue weighted by Gasteiger charge is -2.31. The molecule has 4 nitrogen and oxygen atoms in total. The smallest absolute Gasteiger partial charge is 0.421 e. The van der Waals surface area contributed by atoms with Crippen molar-refractivity contribution in [2.75, 3.05) is 0 Å². The molecule has 2 rings (SSSR count). The number of esters is 1. The first kappa shape index (κ1) is 26.4. The Bertz CT molecular complexity index is 1040. The number of halogens is 7. The lowest BCUT2D eigenvalue weighted by Crippen LogP contribution is -2.44. The second kappa shape index (κ2) is 9.17. The number of rotatable bonds is 5. The number of aliphatic hydroxyl groups is 1. The first-order chi connectivity index (χ1) is 14.5. The fourth-order valence-electron chi connectivity index (χ4n) is 2.68. The molecule has 0 saturated carbocycles. The summed E-state index contributed by atoms with van der Waals surface area (Å²) in [7, 11) is 0. The van der Waals surface area contributed by atoms with Crippen LogP contribution >= 0.6 is 34.8 Å². The van der Waals surface area contributed by atoms with Gasteiger partial charge in [-0.2, -0.15) is 13.2 Å². The van der Waals surface area contributed by atoms with Crippen molar-refractivity contribution in [1.82, 2.24) is 0 Å². The summed E-state index contributed by atoms with van der Waals surface area (Å²) in [5.41, 5.74) is -5.85. The van der Waals surface area contributed by atoms with Crippen molar-refractivity contribution in [3.05, 3.63) is 67.9 Å². The topological polar surface area (TPSA) is 63.6 Å². The molecule has 0 aromatic heterocycles. The number of hydrogen-bond acceptors (Lipinski definition) is 4. The van der Waals surface area contributed by atoms with Crippen molar-refractivity contribution in [2.24, 2.45) is 0 Å². The second-order valence-corrected chi connectivity index (χ2v) is 9.13. The maximum atomic E-state index is 13.8. The molecule has 0 aliphatic carbocycles. The van der Waals surface area contributed by atoms with Crippen LogP contribution in [0.25, 0.3) is 0 Å². The average Bonchev–Trinajstić information content (AvgIpc) is 2.62. The van der Waals surface area contributed by atoms with Crippen LogP contribution in [0, 0.1) is 5.82 Å². The Hall–Kier alpha value is -1.87. The van der Waals surface area contributed by atoms with E-state index in [4.69, 9.17) is 39.5 Å².